The van der Waals surface area contributed by atoms with Crippen LogP contribution >= 0.6 is 11.6 Å². The number of hydrogen-bond acceptors (Lipinski definition) is 4. The SMILES string of the molecule is CCCCOc1ccc(C(=O)N(Cc2ccccc2Cl)[C@@H]2CCS(=O)(=O)C2)cc1. The number of unbranched alkanes of at least 4 members (excludes halogenated alkanes) is 1. The van der Waals surface area contributed by atoms with Crippen molar-refractivity contribution in [1.82, 2.24) is 4.90 Å². The topological polar surface area (TPSA) is 63.7 Å². The first-order valence-electron chi connectivity index (χ1n) is 9.87. The average Bonchev–Trinajstić information content (AvgIpc) is 3.07. The third-order valence-corrected chi connectivity index (χ3v) is 7.20. The lowest BCUT2D eigenvalue weighted by Crippen LogP contribution is -2.40. The van der Waals surface area contributed by atoms with Gasteiger partial charge in [-0.3, -0.25) is 4.79 Å². The van der Waals surface area contributed by atoms with E-state index < -0.39 is 9.84 Å². The summed E-state index contributed by atoms with van der Waals surface area (Å²) >= 11 is 6.29. The minimum atomic E-state index is -3.13. The smallest absolute Gasteiger partial charge is 0.254 e. The number of carbonyl (C=O) groups excluding carboxylic acids is 1. The molecule has 1 saturated heterocycles. The van der Waals surface area contributed by atoms with Gasteiger partial charge >= 0.3 is 0 Å². The molecule has 3 rings (SSSR count). The highest BCUT2D eigenvalue weighted by Gasteiger charge is 2.35. The molecule has 0 N–H and O–H groups in total. The quantitative estimate of drug-likeness (QED) is 0.578. The first kappa shape index (κ1) is 21.7. The van der Waals surface area contributed by atoms with Gasteiger partial charge in [0.05, 0.1) is 18.1 Å². The Labute approximate surface area is 177 Å². The maximum Gasteiger partial charge on any atom is 0.254 e. The van der Waals surface area contributed by atoms with Crippen LogP contribution in [0.4, 0.5) is 0 Å². The number of rotatable bonds is 8. The fraction of sp³-hybridized carbons (Fsp3) is 0.409. The Morgan fingerprint density at radius 3 is 2.52 bits per heavy atom. The molecule has 0 bridgehead atoms. The highest BCUT2D eigenvalue weighted by Crippen LogP contribution is 2.25. The number of halogens is 1. The first-order chi connectivity index (χ1) is 13.9. The van der Waals surface area contributed by atoms with Gasteiger partial charge in [0.25, 0.3) is 5.91 Å². The molecule has 1 amide bonds. The highest BCUT2D eigenvalue weighted by atomic mass is 35.5. The molecule has 1 heterocycles. The van der Waals surface area contributed by atoms with E-state index in [2.05, 4.69) is 6.92 Å². The second-order valence-corrected chi connectivity index (χ2v) is 9.94. The van der Waals surface area contributed by atoms with Gasteiger partial charge in [0.1, 0.15) is 5.75 Å². The van der Waals surface area contributed by atoms with Gasteiger partial charge in [0.2, 0.25) is 0 Å². The van der Waals surface area contributed by atoms with Crippen molar-refractivity contribution in [1.29, 1.82) is 0 Å². The Kier molecular flexibility index (Phi) is 7.19. The van der Waals surface area contributed by atoms with Crippen molar-refractivity contribution in [3.63, 3.8) is 0 Å². The minimum absolute atomic E-state index is 0.0125. The number of sulfone groups is 1. The van der Waals surface area contributed by atoms with Crippen LogP contribution in [0.15, 0.2) is 48.5 Å². The number of benzene rings is 2. The maximum atomic E-state index is 13.3. The lowest BCUT2D eigenvalue weighted by molar-refractivity contribution is 0.0681. The summed E-state index contributed by atoms with van der Waals surface area (Å²) in [6.07, 6.45) is 2.47. The van der Waals surface area contributed by atoms with Crippen molar-refractivity contribution in [2.75, 3.05) is 18.1 Å². The van der Waals surface area contributed by atoms with E-state index in [9.17, 15) is 13.2 Å². The van der Waals surface area contributed by atoms with Crippen molar-refractivity contribution in [3.8, 4) is 5.75 Å². The molecule has 29 heavy (non-hydrogen) atoms. The molecular formula is C22H26ClNO4S. The van der Waals surface area contributed by atoms with Crippen LogP contribution in [-0.2, 0) is 16.4 Å². The molecule has 0 unspecified atom stereocenters. The predicted molar refractivity (Wildman–Crippen MR) is 115 cm³/mol. The number of nitrogens with zero attached hydrogens (tertiary/aromatic N) is 1. The lowest BCUT2D eigenvalue weighted by atomic mass is 10.1. The van der Waals surface area contributed by atoms with Crippen molar-refractivity contribution in [2.24, 2.45) is 0 Å². The Morgan fingerprint density at radius 2 is 1.90 bits per heavy atom. The predicted octanol–water partition coefficient (Wildman–Crippen LogP) is 4.35. The second kappa shape index (κ2) is 9.63. The number of amides is 1. The third kappa shape index (κ3) is 5.73. The number of ether oxygens (including phenoxy) is 1. The van der Waals surface area contributed by atoms with Gasteiger partial charge in [-0.25, -0.2) is 8.42 Å². The monoisotopic (exact) mass is 435 g/mol. The van der Waals surface area contributed by atoms with E-state index in [0.29, 0.717) is 23.6 Å². The molecule has 1 aliphatic heterocycles. The molecule has 156 valence electrons. The number of carbonyl (C=O) groups is 1. The average molecular weight is 436 g/mol. The van der Waals surface area contributed by atoms with E-state index in [1.807, 2.05) is 18.2 Å². The maximum absolute atomic E-state index is 13.3. The lowest BCUT2D eigenvalue weighted by Gasteiger charge is -2.29. The molecule has 1 fully saturated rings. The summed E-state index contributed by atoms with van der Waals surface area (Å²) in [5, 5.41) is 0.561. The van der Waals surface area contributed by atoms with Crippen LogP contribution < -0.4 is 4.74 Å². The van der Waals surface area contributed by atoms with Crippen molar-refractivity contribution in [2.45, 2.75) is 38.8 Å². The summed E-state index contributed by atoms with van der Waals surface area (Å²) < 4.78 is 29.7. The van der Waals surface area contributed by atoms with E-state index in [1.165, 1.54) is 0 Å². The summed E-state index contributed by atoms with van der Waals surface area (Å²) in [4.78, 5) is 14.9. The van der Waals surface area contributed by atoms with Crippen LogP contribution in [0.3, 0.4) is 0 Å². The summed E-state index contributed by atoms with van der Waals surface area (Å²) in [6, 6.07) is 14.0. The van der Waals surface area contributed by atoms with Gasteiger partial charge in [0, 0.05) is 23.2 Å². The van der Waals surface area contributed by atoms with E-state index >= 15 is 0 Å². The molecule has 1 atom stereocenters. The van der Waals surface area contributed by atoms with Gasteiger partial charge < -0.3 is 9.64 Å². The molecular weight excluding hydrogens is 410 g/mol. The van der Waals surface area contributed by atoms with E-state index in [-0.39, 0.29) is 30.0 Å². The van der Waals surface area contributed by atoms with Crippen LogP contribution in [0.25, 0.3) is 0 Å². The minimum Gasteiger partial charge on any atom is -0.494 e. The molecule has 0 spiro atoms. The zero-order valence-corrected chi connectivity index (χ0v) is 18.1. The Bertz CT molecular complexity index is 944. The Morgan fingerprint density at radius 1 is 1.17 bits per heavy atom. The molecule has 1 aliphatic rings. The summed E-state index contributed by atoms with van der Waals surface area (Å²) in [7, 11) is -3.13. The molecule has 0 aliphatic carbocycles. The van der Waals surface area contributed by atoms with E-state index in [0.717, 1.165) is 24.2 Å². The standard InChI is InChI=1S/C22H26ClNO4S/c1-2-3-13-28-20-10-8-17(9-11-20)22(25)24(19-12-14-29(26,27)16-19)15-18-6-4-5-7-21(18)23/h4-11,19H,2-3,12-16H2,1H3/t19-/m1/s1. The van der Waals surface area contributed by atoms with Crippen molar-refractivity contribution >= 4 is 27.3 Å². The molecule has 2 aromatic carbocycles. The fourth-order valence-electron chi connectivity index (χ4n) is 3.39. The summed E-state index contributed by atoms with van der Waals surface area (Å²) in [5.74, 6) is 0.610. The van der Waals surface area contributed by atoms with E-state index in [4.69, 9.17) is 16.3 Å². The molecule has 7 heteroatoms. The molecule has 5 nitrogen and oxygen atoms in total. The zero-order valence-electron chi connectivity index (χ0n) is 16.5. The molecule has 0 radical (unpaired) electrons. The summed E-state index contributed by atoms with van der Waals surface area (Å²) in [6.45, 7) is 3.01. The van der Waals surface area contributed by atoms with Crippen molar-refractivity contribution in [3.05, 3.63) is 64.7 Å². The zero-order chi connectivity index (χ0) is 20.9. The van der Waals surface area contributed by atoms with Crippen LogP contribution in [0, 0.1) is 0 Å². The molecule has 2 aromatic rings. The van der Waals surface area contributed by atoms with Crippen molar-refractivity contribution < 1.29 is 17.9 Å². The third-order valence-electron chi connectivity index (χ3n) is 5.08. The summed E-state index contributed by atoms with van der Waals surface area (Å²) in [5.41, 5.74) is 1.30. The Balaban J connectivity index is 1.81. The largest absolute Gasteiger partial charge is 0.494 e. The highest BCUT2D eigenvalue weighted by molar-refractivity contribution is 7.91. The first-order valence-corrected chi connectivity index (χ1v) is 12.1. The number of hydrogen-bond donors (Lipinski definition) is 0. The molecule has 0 saturated carbocycles. The van der Waals surface area contributed by atoms with Gasteiger partial charge in [-0.2, -0.15) is 0 Å². The van der Waals surface area contributed by atoms with Gasteiger partial charge in [-0.05, 0) is 48.7 Å². The van der Waals surface area contributed by atoms with Crippen LogP contribution in [-0.4, -0.2) is 43.4 Å². The van der Waals surface area contributed by atoms with Gasteiger partial charge in [-0.1, -0.05) is 43.1 Å². The van der Waals surface area contributed by atoms with Crippen LogP contribution in [0.5, 0.6) is 5.75 Å². The molecule has 0 aromatic heterocycles. The van der Waals surface area contributed by atoms with E-state index in [1.54, 1.807) is 35.2 Å². The van der Waals surface area contributed by atoms with Crippen LogP contribution in [0.2, 0.25) is 5.02 Å². The fourth-order valence-corrected chi connectivity index (χ4v) is 5.32. The van der Waals surface area contributed by atoms with Gasteiger partial charge in [0.15, 0.2) is 9.84 Å². The Hall–Kier alpha value is -2.05. The normalized spacial score (nSPS) is 17.8. The van der Waals surface area contributed by atoms with Gasteiger partial charge in [-0.15, -0.1) is 0 Å². The second-order valence-electron chi connectivity index (χ2n) is 7.31. The van der Waals surface area contributed by atoms with Crippen LogP contribution in [0.1, 0.15) is 42.1 Å².